The van der Waals surface area contributed by atoms with Gasteiger partial charge in [0.15, 0.2) is 0 Å². The Bertz CT molecular complexity index is 247. The molecule has 0 aromatic carbocycles. The maximum atomic E-state index is 10.7. The van der Waals surface area contributed by atoms with Crippen molar-refractivity contribution in [2.45, 2.75) is 0 Å². The molecule has 0 radical (unpaired) electrons. The van der Waals surface area contributed by atoms with Gasteiger partial charge in [-0.2, -0.15) is 0 Å². The fourth-order valence-corrected chi connectivity index (χ4v) is 0.680. The number of rotatable bonds is 2. The Morgan fingerprint density at radius 1 is 1.18 bits per heavy atom. The summed E-state index contributed by atoms with van der Waals surface area (Å²) >= 11 is 0. The van der Waals surface area contributed by atoms with Crippen LogP contribution in [-0.2, 0) is 14.4 Å². The minimum absolute atomic E-state index is 0.423. The van der Waals surface area contributed by atoms with Crippen LogP contribution in [0, 0.1) is 0 Å². The van der Waals surface area contributed by atoms with Gasteiger partial charge in [-0.3, -0.25) is 19.3 Å². The van der Waals surface area contributed by atoms with E-state index >= 15 is 0 Å². The van der Waals surface area contributed by atoms with Gasteiger partial charge in [-0.05, 0) is 6.08 Å². The van der Waals surface area contributed by atoms with Crippen LogP contribution in [0.5, 0.6) is 0 Å². The van der Waals surface area contributed by atoms with Crippen molar-refractivity contribution in [3.63, 3.8) is 0 Å². The van der Waals surface area contributed by atoms with Gasteiger partial charge in [-0.25, -0.2) is 0 Å². The highest BCUT2D eigenvalue weighted by atomic mass is 16.2. The zero-order valence-electron chi connectivity index (χ0n) is 5.56. The van der Waals surface area contributed by atoms with Crippen LogP contribution in [-0.4, -0.2) is 23.0 Å². The van der Waals surface area contributed by atoms with Crippen molar-refractivity contribution >= 4 is 18.1 Å². The van der Waals surface area contributed by atoms with Crippen LogP contribution in [0.15, 0.2) is 24.4 Å². The lowest BCUT2D eigenvalue weighted by molar-refractivity contribution is -0.133. The van der Waals surface area contributed by atoms with Crippen LogP contribution < -0.4 is 0 Å². The molecule has 1 aliphatic rings. The number of hydrogen-bond donors (Lipinski definition) is 0. The zero-order chi connectivity index (χ0) is 8.27. The molecular weight excluding hydrogens is 146 g/mol. The third-order valence-electron chi connectivity index (χ3n) is 1.16. The molecule has 0 saturated heterocycles. The number of hydrogen-bond acceptors (Lipinski definition) is 3. The average Bonchev–Trinajstić information content (AvgIpc) is 2.29. The maximum Gasteiger partial charge on any atom is 0.257 e. The van der Waals surface area contributed by atoms with Gasteiger partial charge < -0.3 is 0 Å². The summed E-state index contributed by atoms with van der Waals surface area (Å²) in [6.07, 6.45) is 5.02. The number of amides is 2. The van der Waals surface area contributed by atoms with E-state index in [1.165, 1.54) is 0 Å². The molecule has 2 amide bonds. The topological polar surface area (TPSA) is 54.5 Å². The summed E-state index contributed by atoms with van der Waals surface area (Å²) in [6.45, 7) is 0. The number of aldehydes is 1. The van der Waals surface area contributed by atoms with E-state index in [0.717, 1.165) is 29.3 Å². The molecule has 1 rings (SSSR count). The minimum Gasteiger partial charge on any atom is -0.299 e. The van der Waals surface area contributed by atoms with Crippen LogP contribution in [0.4, 0.5) is 0 Å². The first-order chi connectivity index (χ1) is 5.25. The summed E-state index contributed by atoms with van der Waals surface area (Å²) in [4.78, 5) is 32.2. The first-order valence-corrected chi connectivity index (χ1v) is 2.93. The summed E-state index contributed by atoms with van der Waals surface area (Å²) in [5, 5.41) is 0. The first-order valence-electron chi connectivity index (χ1n) is 2.93. The summed E-state index contributed by atoms with van der Waals surface area (Å²) in [5.74, 6) is -0.846. The Hall–Kier alpha value is -1.71. The molecule has 4 nitrogen and oxygen atoms in total. The second kappa shape index (κ2) is 2.92. The highest BCUT2D eigenvalue weighted by Crippen LogP contribution is 2.02. The number of allylic oxidation sites excluding steroid dienone is 1. The molecule has 4 heteroatoms. The highest BCUT2D eigenvalue weighted by molar-refractivity contribution is 6.13. The van der Waals surface area contributed by atoms with Crippen molar-refractivity contribution in [3.05, 3.63) is 24.4 Å². The van der Waals surface area contributed by atoms with Gasteiger partial charge >= 0.3 is 0 Å². The molecule has 1 aliphatic heterocycles. The van der Waals surface area contributed by atoms with E-state index < -0.39 is 11.8 Å². The molecule has 1 heterocycles. The van der Waals surface area contributed by atoms with Crippen LogP contribution >= 0.6 is 0 Å². The molecule has 0 bridgehead atoms. The Balaban J connectivity index is 2.74. The zero-order valence-corrected chi connectivity index (χ0v) is 5.56. The van der Waals surface area contributed by atoms with Gasteiger partial charge in [0.05, 0.1) is 0 Å². The molecule has 56 valence electrons. The van der Waals surface area contributed by atoms with Gasteiger partial charge in [0.25, 0.3) is 11.8 Å². The molecule has 11 heavy (non-hydrogen) atoms. The van der Waals surface area contributed by atoms with E-state index in [1.807, 2.05) is 0 Å². The van der Waals surface area contributed by atoms with Crippen molar-refractivity contribution in [3.8, 4) is 0 Å². The summed E-state index contributed by atoms with van der Waals surface area (Å²) in [7, 11) is 0. The molecule has 0 unspecified atom stereocenters. The van der Waals surface area contributed by atoms with E-state index in [0.29, 0.717) is 6.29 Å². The van der Waals surface area contributed by atoms with Gasteiger partial charge in [-0.1, -0.05) is 0 Å². The lowest BCUT2D eigenvalue weighted by Crippen LogP contribution is -2.23. The third-order valence-corrected chi connectivity index (χ3v) is 1.16. The Morgan fingerprint density at radius 2 is 1.73 bits per heavy atom. The molecule has 0 atom stereocenters. The van der Waals surface area contributed by atoms with Crippen LogP contribution in [0.2, 0.25) is 0 Å². The summed E-state index contributed by atoms with van der Waals surface area (Å²) in [5.41, 5.74) is 0. The quantitative estimate of drug-likeness (QED) is 0.307. The molecule has 0 N–H and O–H groups in total. The molecule has 0 fully saturated rings. The van der Waals surface area contributed by atoms with Crippen LogP contribution in [0.25, 0.3) is 0 Å². The maximum absolute atomic E-state index is 10.7. The van der Waals surface area contributed by atoms with E-state index in [4.69, 9.17) is 0 Å². The van der Waals surface area contributed by atoms with Crippen LogP contribution in [0.1, 0.15) is 0 Å². The van der Waals surface area contributed by atoms with Crippen molar-refractivity contribution in [2.24, 2.45) is 0 Å². The Labute approximate surface area is 62.8 Å². The first kappa shape index (κ1) is 7.40. The number of carbonyl (C=O) groups is 3. The fourth-order valence-electron chi connectivity index (χ4n) is 0.680. The third kappa shape index (κ3) is 1.40. The summed E-state index contributed by atoms with van der Waals surface area (Å²) < 4.78 is 0. The average molecular weight is 151 g/mol. The number of imide groups is 1. The normalized spacial score (nSPS) is 16.9. The molecule has 0 aliphatic carbocycles. The molecule has 0 spiro atoms. The van der Waals surface area contributed by atoms with E-state index in [9.17, 15) is 14.4 Å². The molecule has 0 aromatic heterocycles. The molecule has 0 saturated carbocycles. The van der Waals surface area contributed by atoms with Crippen molar-refractivity contribution in [1.29, 1.82) is 0 Å². The lowest BCUT2D eigenvalue weighted by Gasteiger charge is -2.04. The monoisotopic (exact) mass is 151 g/mol. The van der Waals surface area contributed by atoms with E-state index in [2.05, 4.69) is 0 Å². The predicted molar refractivity (Wildman–Crippen MR) is 36.2 cm³/mol. The lowest BCUT2D eigenvalue weighted by atomic mass is 10.5. The second-order valence-corrected chi connectivity index (χ2v) is 1.86. The standard InChI is InChI=1S/C7H5NO3/c9-5-1-4-8-6(10)2-3-7(8)11/h1-5H. The van der Waals surface area contributed by atoms with Gasteiger partial charge in [-0.15, -0.1) is 0 Å². The van der Waals surface area contributed by atoms with Gasteiger partial charge in [0, 0.05) is 18.4 Å². The molecular formula is C7H5NO3. The second-order valence-electron chi connectivity index (χ2n) is 1.86. The van der Waals surface area contributed by atoms with Crippen LogP contribution in [0.3, 0.4) is 0 Å². The predicted octanol–water partition coefficient (Wildman–Crippen LogP) is -0.376. The smallest absolute Gasteiger partial charge is 0.257 e. The van der Waals surface area contributed by atoms with Gasteiger partial charge in [0.1, 0.15) is 6.29 Å². The number of nitrogens with zero attached hydrogens (tertiary/aromatic N) is 1. The van der Waals surface area contributed by atoms with Crippen molar-refractivity contribution < 1.29 is 14.4 Å². The Morgan fingerprint density at radius 3 is 2.18 bits per heavy atom. The van der Waals surface area contributed by atoms with Crippen molar-refractivity contribution in [1.82, 2.24) is 4.90 Å². The SMILES string of the molecule is O=CC=CN1C(=O)C=CC1=O. The van der Waals surface area contributed by atoms with Gasteiger partial charge in [0.2, 0.25) is 0 Å². The van der Waals surface area contributed by atoms with E-state index in [-0.39, 0.29) is 0 Å². The summed E-state index contributed by atoms with van der Waals surface area (Å²) in [6, 6.07) is 0. The largest absolute Gasteiger partial charge is 0.299 e. The van der Waals surface area contributed by atoms with Crippen molar-refractivity contribution in [2.75, 3.05) is 0 Å². The Kier molecular flexibility index (Phi) is 1.96. The molecule has 0 aromatic rings. The fraction of sp³-hybridized carbons (Fsp3) is 0. The number of carbonyl (C=O) groups excluding carboxylic acids is 3. The highest BCUT2D eigenvalue weighted by Gasteiger charge is 2.19. The minimum atomic E-state index is -0.423. The van der Waals surface area contributed by atoms with E-state index in [1.54, 1.807) is 0 Å².